The predicted octanol–water partition coefficient (Wildman–Crippen LogP) is 2.07. The molecule has 0 aliphatic heterocycles. The first-order valence-corrected chi connectivity index (χ1v) is 7.49. The highest BCUT2D eigenvalue weighted by molar-refractivity contribution is 5.94. The zero-order valence-corrected chi connectivity index (χ0v) is 13.1. The smallest absolute Gasteiger partial charge is 0.206 e. The second kappa shape index (κ2) is 7.01. The number of aromatic nitrogens is 5. The van der Waals surface area contributed by atoms with Gasteiger partial charge in [0.25, 0.3) is 0 Å². The van der Waals surface area contributed by atoms with Crippen LogP contribution in [-0.2, 0) is 6.42 Å². The molecule has 0 bridgehead atoms. The summed E-state index contributed by atoms with van der Waals surface area (Å²) in [6, 6.07) is 9.48. The van der Waals surface area contributed by atoms with Crippen molar-refractivity contribution >= 4 is 11.9 Å². The topological polar surface area (TPSA) is 108 Å². The van der Waals surface area contributed by atoms with Crippen LogP contribution in [0.2, 0.25) is 0 Å². The molecule has 3 rings (SSSR count). The average molecular weight is 323 g/mol. The van der Waals surface area contributed by atoms with Crippen molar-refractivity contribution in [1.82, 2.24) is 25.6 Å². The Morgan fingerprint density at radius 1 is 1.29 bits per heavy atom. The van der Waals surface area contributed by atoms with Crippen LogP contribution < -0.4 is 0 Å². The number of benzene rings is 1. The fourth-order valence-electron chi connectivity index (χ4n) is 2.36. The van der Waals surface area contributed by atoms with Crippen LogP contribution >= 0.6 is 0 Å². The van der Waals surface area contributed by atoms with Crippen molar-refractivity contribution in [3.05, 3.63) is 70.8 Å². The molecule has 0 radical (unpaired) electrons. The SMILES string of the molecule is CC(=O)c1ccc(Cc2[nH]ccc2C=CC(O)c2nn[nH]n2)cc1. The molecule has 3 aromatic rings. The van der Waals surface area contributed by atoms with Gasteiger partial charge < -0.3 is 10.1 Å². The number of Topliss-reactive ketones (excluding diaryl/α,β-unsaturated/α-hetero) is 1. The van der Waals surface area contributed by atoms with E-state index in [0.29, 0.717) is 12.0 Å². The number of aromatic amines is 2. The summed E-state index contributed by atoms with van der Waals surface area (Å²) in [5, 5.41) is 23.2. The van der Waals surface area contributed by atoms with Gasteiger partial charge in [0, 0.05) is 23.9 Å². The van der Waals surface area contributed by atoms with E-state index >= 15 is 0 Å². The maximum Gasteiger partial charge on any atom is 0.206 e. The zero-order valence-electron chi connectivity index (χ0n) is 13.1. The van der Waals surface area contributed by atoms with Gasteiger partial charge in [-0.15, -0.1) is 10.2 Å². The Labute approximate surface area is 138 Å². The Balaban J connectivity index is 1.72. The minimum Gasteiger partial charge on any atom is -0.381 e. The van der Waals surface area contributed by atoms with E-state index in [4.69, 9.17) is 0 Å². The molecule has 7 nitrogen and oxygen atoms in total. The highest BCUT2D eigenvalue weighted by Gasteiger charge is 2.09. The summed E-state index contributed by atoms with van der Waals surface area (Å²) >= 11 is 0. The molecular formula is C17H17N5O2. The zero-order chi connectivity index (χ0) is 16.9. The maximum atomic E-state index is 11.3. The van der Waals surface area contributed by atoms with Crippen molar-refractivity contribution in [2.75, 3.05) is 0 Å². The van der Waals surface area contributed by atoms with E-state index in [1.807, 2.05) is 42.6 Å². The number of aliphatic hydroxyl groups excluding tert-OH is 1. The minimum absolute atomic E-state index is 0.0560. The largest absolute Gasteiger partial charge is 0.381 e. The first-order chi connectivity index (χ1) is 11.6. The second-order valence-electron chi connectivity index (χ2n) is 5.42. The summed E-state index contributed by atoms with van der Waals surface area (Å²) in [5.74, 6) is 0.281. The summed E-state index contributed by atoms with van der Waals surface area (Å²) in [7, 11) is 0. The number of carbonyl (C=O) groups excluding carboxylic acids is 1. The standard InChI is InChI=1S/C17H17N5O2/c1-11(23)13-4-2-12(3-5-13)10-15-14(8-9-18-15)6-7-16(24)17-19-21-22-20-17/h2-9,16,18,24H,10H2,1H3,(H,19,20,21,22). The predicted molar refractivity (Wildman–Crippen MR) is 88.2 cm³/mol. The lowest BCUT2D eigenvalue weighted by Gasteiger charge is -2.04. The number of nitrogens with one attached hydrogen (secondary N) is 2. The molecule has 1 aromatic carbocycles. The van der Waals surface area contributed by atoms with Crippen LogP contribution in [0.1, 0.15) is 46.0 Å². The number of H-pyrrole nitrogens is 2. The van der Waals surface area contributed by atoms with Crippen molar-refractivity contribution in [2.24, 2.45) is 0 Å². The van der Waals surface area contributed by atoms with E-state index in [1.165, 1.54) is 0 Å². The molecule has 0 saturated heterocycles. The van der Waals surface area contributed by atoms with Crippen LogP contribution in [0, 0.1) is 0 Å². The Morgan fingerprint density at radius 2 is 2.08 bits per heavy atom. The molecule has 0 amide bonds. The molecule has 24 heavy (non-hydrogen) atoms. The van der Waals surface area contributed by atoms with Crippen molar-refractivity contribution in [2.45, 2.75) is 19.4 Å². The van der Waals surface area contributed by atoms with Gasteiger partial charge in [-0.1, -0.05) is 35.6 Å². The molecule has 1 unspecified atom stereocenters. The van der Waals surface area contributed by atoms with Gasteiger partial charge in [-0.25, -0.2) is 0 Å². The van der Waals surface area contributed by atoms with Crippen molar-refractivity contribution < 1.29 is 9.90 Å². The molecule has 1 atom stereocenters. The number of tetrazole rings is 1. The number of hydrogen-bond acceptors (Lipinski definition) is 5. The Hall–Kier alpha value is -3.06. The Kier molecular flexibility index (Phi) is 4.62. The Morgan fingerprint density at radius 3 is 2.75 bits per heavy atom. The molecule has 7 heteroatoms. The molecular weight excluding hydrogens is 306 g/mol. The van der Waals surface area contributed by atoms with Crippen LogP contribution in [0.15, 0.2) is 42.6 Å². The molecule has 0 aliphatic rings. The lowest BCUT2D eigenvalue weighted by atomic mass is 10.0. The van der Waals surface area contributed by atoms with Gasteiger partial charge in [-0.05, 0) is 30.2 Å². The minimum atomic E-state index is -0.915. The van der Waals surface area contributed by atoms with Gasteiger partial charge in [0.05, 0.1) is 0 Å². The van der Waals surface area contributed by atoms with Gasteiger partial charge in [0.2, 0.25) is 5.82 Å². The summed E-state index contributed by atoms with van der Waals surface area (Å²) in [4.78, 5) is 14.5. The van der Waals surface area contributed by atoms with E-state index in [2.05, 4.69) is 25.6 Å². The summed E-state index contributed by atoms with van der Waals surface area (Å²) in [5.41, 5.74) is 3.78. The highest BCUT2D eigenvalue weighted by Crippen LogP contribution is 2.17. The van der Waals surface area contributed by atoms with E-state index in [9.17, 15) is 9.90 Å². The molecule has 2 heterocycles. The van der Waals surface area contributed by atoms with Crippen LogP contribution in [0.3, 0.4) is 0 Å². The van der Waals surface area contributed by atoms with E-state index in [1.54, 1.807) is 13.0 Å². The normalized spacial score (nSPS) is 12.6. The molecule has 0 fully saturated rings. The van der Waals surface area contributed by atoms with Gasteiger partial charge in [0.1, 0.15) is 6.10 Å². The lowest BCUT2D eigenvalue weighted by molar-refractivity contribution is 0.101. The lowest BCUT2D eigenvalue weighted by Crippen LogP contribution is -1.97. The first kappa shape index (κ1) is 15.8. The average Bonchev–Trinajstić information content (AvgIpc) is 3.25. The quantitative estimate of drug-likeness (QED) is 0.602. The van der Waals surface area contributed by atoms with E-state index in [-0.39, 0.29) is 11.6 Å². The monoisotopic (exact) mass is 323 g/mol. The van der Waals surface area contributed by atoms with Crippen LogP contribution in [0.5, 0.6) is 0 Å². The van der Waals surface area contributed by atoms with Crippen molar-refractivity contribution in [3.8, 4) is 0 Å². The number of nitrogens with zero attached hydrogens (tertiary/aromatic N) is 3. The van der Waals surface area contributed by atoms with Gasteiger partial charge >= 0.3 is 0 Å². The molecule has 0 aliphatic carbocycles. The summed E-state index contributed by atoms with van der Waals surface area (Å²) in [6.45, 7) is 1.55. The van der Waals surface area contributed by atoms with Crippen LogP contribution in [-0.4, -0.2) is 36.5 Å². The molecule has 122 valence electrons. The number of rotatable bonds is 6. The third-order valence-electron chi connectivity index (χ3n) is 3.69. The maximum absolute atomic E-state index is 11.3. The third-order valence-corrected chi connectivity index (χ3v) is 3.69. The molecule has 0 saturated carbocycles. The van der Waals surface area contributed by atoms with Crippen molar-refractivity contribution in [1.29, 1.82) is 0 Å². The first-order valence-electron chi connectivity index (χ1n) is 7.49. The fourth-order valence-corrected chi connectivity index (χ4v) is 2.36. The van der Waals surface area contributed by atoms with Gasteiger partial charge in [0.15, 0.2) is 5.78 Å². The van der Waals surface area contributed by atoms with Gasteiger partial charge in [-0.2, -0.15) is 5.21 Å². The summed E-state index contributed by atoms with van der Waals surface area (Å²) < 4.78 is 0. The van der Waals surface area contributed by atoms with Crippen molar-refractivity contribution in [3.63, 3.8) is 0 Å². The van der Waals surface area contributed by atoms with Crippen LogP contribution in [0.4, 0.5) is 0 Å². The molecule has 3 N–H and O–H groups in total. The highest BCUT2D eigenvalue weighted by atomic mass is 16.3. The second-order valence-corrected chi connectivity index (χ2v) is 5.42. The summed E-state index contributed by atoms with van der Waals surface area (Å²) in [6.07, 6.45) is 5.05. The third kappa shape index (κ3) is 3.64. The number of ketones is 1. The van der Waals surface area contributed by atoms with Gasteiger partial charge in [-0.3, -0.25) is 4.79 Å². The Bertz CT molecular complexity index is 834. The number of hydrogen-bond donors (Lipinski definition) is 3. The van der Waals surface area contributed by atoms with E-state index in [0.717, 1.165) is 16.8 Å². The van der Waals surface area contributed by atoms with Crippen LogP contribution in [0.25, 0.3) is 6.08 Å². The number of carbonyl (C=O) groups is 1. The molecule has 0 spiro atoms. The molecule has 2 aromatic heterocycles. The van der Waals surface area contributed by atoms with E-state index < -0.39 is 6.10 Å². The number of aliphatic hydroxyl groups is 1. The fraction of sp³-hybridized carbons (Fsp3) is 0.176.